The van der Waals surface area contributed by atoms with E-state index in [2.05, 4.69) is 11.9 Å². The van der Waals surface area contributed by atoms with Crippen LogP contribution in [-0.2, 0) is 16.4 Å². The Balaban J connectivity index is 1.53. The van der Waals surface area contributed by atoms with Crippen LogP contribution in [0.15, 0.2) is 60.9 Å². The van der Waals surface area contributed by atoms with Crippen LogP contribution in [0, 0.1) is 5.82 Å². The molecule has 186 valence electrons. The molecule has 36 heavy (non-hydrogen) atoms. The van der Waals surface area contributed by atoms with Crippen molar-refractivity contribution in [3.05, 3.63) is 78.0 Å². The molecule has 0 unspecified atom stereocenters. The Morgan fingerprint density at radius 1 is 1.06 bits per heavy atom. The van der Waals surface area contributed by atoms with E-state index in [1.165, 1.54) is 22.7 Å². The maximum Gasteiger partial charge on any atom is 0.231 e. The normalized spacial score (nSPS) is 14.7. The van der Waals surface area contributed by atoms with Crippen molar-refractivity contribution in [3.63, 3.8) is 0 Å². The molecule has 0 aliphatic carbocycles. The zero-order valence-electron chi connectivity index (χ0n) is 20.4. The summed E-state index contributed by atoms with van der Waals surface area (Å²) in [5.74, 6) is 1.07. The van der Waals surface area contributed by atoms with Crippen molar-refractivity contribution in [2.45, 2.75) is 19.8 Å². The summed E-state index contributed by atoms with van der Waals surface area (Å²) in [6, 6.07) is 12.0. The minimum absolute atomic E-state index is 0.295. The number of imidazole rings is 1. The Hall–Kier alpha value is -3.63. The molecule has 0 amide bonds. The number of hydrogen-bond acceptors (Lipinski definition) is 6. The predicted molar refractivity (Wildman–Crippen MR) is 139 cm³/mol. The summed E-state index contributed by atoms with van der Waals surface area (Å²) in [7, 11) is -1.30. The molecule has 0 radical (unpaired) electrons. The van der Waals surface area contributed by atoms with E-state index in [4.69, 9.17) is 9.97 Å². The zero-order valence-corrected chi connectivity index (χ0v) is 21.2. The number of pyridine rings is 1. The highest BCUT2D eigenvalue weighted by atomic mass is 32.2. The molecule has 0 N–H and O–H groups in total. The summed E-state index contributed by atoms with van der Waals surface area (Å²) in [6.07, 6.45) is 8.31. The van der Waals surface area contributed by atoms with Crippen molar-refractivity contribution < 1.29 is 12.8 Å². The van der Waals surface area contributed by atoms with Gasteiger partial charge in [-0.15, -0.1) is 0 Å². The number of halogens is 1. The molecule has 0 bridgehead atoms. The van der Waals surface area contributed by atoms with Crippen LogP contribution >= 0.6 is 0 Å². The van der Waals surface area contributed by atoms with Gasteiger partial charge in [-0.1, -0.05) is 13.0 Å². The van der Waals surface area contributed by atoms with Crippen molar-refractivity contribution in [1.29, 1.82) is 0 Å². The molecular formula is C26H27FN6O2S. The van der Waals surface area contributed by atoms with Gasteiger partial charge in [-0.3, -0.25) is 9.30 Å². The monoisotopic (exact) mass is 506 g/mol. The Labute approximate surface area is 209 Å². The predicted octanol–water partition coefficient (Wildman–Crippen LogP) is 4.31. The van der Waals surface area contributed by atoms with E-state index < -0.39 is 10.0 Å². The molecule has 4 aromatic rings. The first kappa shape index (κ1) is 24.1. The van der Waals surface area contributed by atoms with E-state index in [9.17, 15) is 12.8 Å². The summed E-state index contributed by atoms with van der Waals surface area (Å²) >= 11 is 0. The van der Waals surface area contributed by atoms with E-state index in [0.717, 1.165) is 40.3 Å². The third-order valence-electron chi connectivity index (χ3n) is 6.41. The zero-order chi connectivity index (χ0) is 25.4. The quantitative estimate of drug-likeness (QED) is 0.388. The Bertz CT molecular complexity index is 1560. The highest BCUT2D eigenvalue weighted by Crippen LogP contribution is 2.31. The van der Waals surface area contributed by atoms with E-state index in [-0.39, 0.29) is 5.82 Å². The SMILES string of the molecule is CCc1nc2ccc(C3=CCN(S(C)(=O)=O)CC3)cn2c1N(C)c1nccc(-c2ccc(F)cc2)n1. The van der Waals surface area contributed by atoms with Crippen molar-refractivity contribution in [3.8, 4) is 11.3 Å². The Kier molecular flexibility index (Phi) is 6.31. The smallest absolute Gasteiger partial charge is 0.231 e. The number of sulfonamides is 1. The third-order valence-corrected chi connectivity index (χ3v) is 7.68. The van der Waals surface area contributed by atoms with E-state index in [1.54, 1.807) is 24.4 Å². The molecule has 3 aromatic heterocycles. The fourth-order valence-electron chi connectivity index (χ4n) is 4.46. The van der Waals surface area contributed by atoms with Crippen molar-refractivity contribution >= 4 is 33.0 Å². The molecular weight excluding hydrogens is 479 g/mol. The summed E-state index contributed by atoms with van der Waals surface area (Å²) in [6.45, 7) is 2.88. The van der Waals surface area contributed by atoms with Crippen LogP contribution in [0.1, 0.15) is 24.6 Å². The highest BCUT2D eigenvalue weighted by Gasteiger charge is 2.22. The molecule has 5 rings (SSSR count). The Morgan fingerprint density at radius 3 is 2.47 bits per heavy atom. The van der Waals surface area contributed by atoms with Gasteiger partial charge in [-0.25, -0.2) is 27.8 Å². The molecule has 0 saturated heterocycles. The van der Waals surface area contributed by atoms with Crippen LogP contribution in [0.5, 0.6) is 0 Å². The first-order valence-corrected chi connectivity index (χ1v) is 13.6. The maximum absolute atomic E-state index is 13.4. The highest BCUT2D eigenvalue weighted by molar-refractivity contribution is 7.88. The van der Waals surface area contributed by atoms with Crippen LogP contribution in [-0.4, -0.2) is 58.5 Å². The van der Waals surface area contributed by atoms with Gasteiger partial charge < -0.3 is 0 Å². The summed E-state index contributed by atoms with van der Waals surface area (Å²) < 4.78 is 40.6. The number of aromatic nitrogens is 4. The van der Waals surface area contributed by atoms with Gasteiger partial charge >= 0.3 is 0 Å². The van der Waals surface area contributed by atoms with Gasteiger partial charge in [0.2, 0.25) is 16.0 Å². The molecule has 1 aliphatic heterocycles. The average molecular weight is 507 g/mol. The molecule has 4 heterocycles. The lowest BCUT2D eigenvalue weighted by atomic mass is 10.0. The fraction of sp³-hybridized carbons (Fsp3) is 0.269. The number of fused-ring (bicyclic) bond motifs is 1. The molecule has 1 aliphatic rings. The van der Waals surface area contributed by atoms with E-state index in [0.29, 0.717) is 31.2 Å². The van der Waals surface area contributed by atoms with Gasteiger partial charge in [0.25, 0.3) is 0 Å². The van der Waals surface area contributed by atoms with Crippen LogP contribution in [0.4, 0.5) is 16.2 Å². The number of anilines is 2. The lowest BCUT2D eigenvalue weighted by molar-refractivity contribution is 0.446. The molecule has 8 nitrogen and oxygen atoms in total. The summed E-state index contributed by atoms with van der Waals surface area (Å²) in [4.78, 5) is 16.0. The first-order chi connectivity index (χ1) is 17.2. The maximum atomic E-state index is 13.4. The van der Waals surface area contributed by atoms with Crippen LogP contribution in [0.2, 0.25) is 0 Å². The molecule has 1 aromatic carbocycles. The lowest BCUT2D eigenvalue weighted by Crippen LogP contribution is -2.33. The minimum Gasteiger partial charge on any atom is -0.298 e. The standard InChI is InChI=1S/C26H27FN6O2S/c1-4-22-25(31(2)26-28-14-11-23(30-26)19-5-8-21(27)9-6-19)33-17-20(7-10-24(33)29-22)18-12-15-32(16-13-18)36(3,34)35/h5-12,14,17H,4,13,15-16H2,1-3H3. The molecule has 0 atom stereocenters. The summed E-state index contributed by atoms with van der Waals surface area (Å²) in [5.41, 5.74) is 5.34. The van der Waals surface area contributed by atoms with Crippen LogP contribution in [0.3, 0.4) is 0 Å². The molecule has 0 saturated carbocycles. The largest absolute Gasteiger partial charge is 0.298 e. The third kappa shape index (κ3) is 4.61. The number of hydrogen-bond donors (Lipinski definition) is 0. The lowest BCUT2D eigenvalue weighted by Gasteiger charge is -2.24. The molecule has 0 spiro atoms. The second-order valence-corrected chi connectivity index (χ2v) is 10.8. The number of rotatable bonds is 6. The second kappa shape index (κ2) is 9.44. The van der Waals surface area contributed by atoms with Crippen LogP contribution < -0.4 is 4.90 Å². The van der Waals surface area contributed by atoms with Crippen LogP contribution in [0.25, 0.3) is 22.5 Å². The van der Waals surface area contributed by atoms with Gasteiger partial charge in [-0.2, -0.15) is 4.31 Å². The second-order valence-electron chi connectivity index (χ2n) is 8.79. The first-order valence-electron chi connectivity index (χ1n) is 11.7. The molecule has 10 heteroatoms. The van der Waals surface area contributed by atoms with E-state index >= 15 is 0 Å². The van der Waals surface area contributed by atoms with Crippen molar-refractivity contribution in [1.82, 2.24) is 23.7 Å². The fourth-order valence-corrected chi connectivity index (χ4v) is 5.23. The topological polar surface area (TPSA) is 83.7 Å². The van der Waals surface area contributed by atoms with Gasteiger partial charge in [0, 0.05) is 38.1 Å². The van der Waals surface area contributed by atoms with E-state index in [1.807, 2.05) is 40.8 Å². The average Bonchev–Trinajstić information content (AvgIpc) is 3.26. The number of aryl methyl sites for hydroxylation is 1. The van der Waals surface area contributed by atoms with Gasteiger partial charge in [0.1, 0.15) is 17.3 Å². The summed E-state index contributed by atoms with van der Waals surface area (Å²) in [5, 5.41) is 0. The minimum atomic E-state index is -3.21. The number of benzene rings is 1. The number of nitrogens with zero attached hydrogens (tertiary/aromatic N) is 6. The van der Waals surface area contributed by atoms with Gasteiger partial charge in [-0.05, 0) is 66.4 Å². The van der Waals surface area contributed by atoms with Crippen molar-refractivity contribution in [2.75, 3.05) is 31.3 Å². The van der Waals surface area contributed by atoms with Crippen molar-refractivity contribution in [2.24, 2.45) is 0 Å². The van der Waals surface area contributed by atoms with Gasteiger partial charge in [0.15, 0.2) is 0 Å². The molecule has 0 fully saturated rings. The Morgan fingerprint density at radius 2 is 1.81 bits per heavy atom. The van der Waals surface area contributed by atoms with Gasteiger partial charge in [0.05, 0.1) is 17.6 Å².